The Labute approximate surface area is 164 Å². The second kappa shape index (κ2) is 8.82. The van der Waals surface area contributed by atoms with E-state index in [1.54, 1.807) is 0 Å². The minimum Gasteiger partial charge on any atom is -0.500 e. The number of hydrogen-bond donors (Lipinski definition) is 1. The monoisotopic (exact) mass is 412 g/mol. The van der Waals surface area contributed by atoms with Crippen LogP contribution in [0.5, 0.6) is 11.5 Å². The molecule has 0 aliphatic carbocycles. The van der Waals surface area contributed by atoms with E-state index in [0.717, 1.165) is 22.7 Å². The summed E-state index contributed by atoms with van der Waals surface area (Å²) in [6.45, 7) is 1.79. The normalized spacial score (nSPS) is 15.3. The van der Waals surface area contributed by atoms with E-state index in [0.29, 0.717) is 6.42 Å². The fraction of sp³-hybridized carbons (Fsp3) is 0.312. The highest BCUT2D eigenvalue weighted by atomic mass is 32.2. The van der Waals surface area contributed by atoms with Gasteiger partial charge in [0.15, 0.2) is 5.75 Å². The highest BCUT2D eigenvalue weighted by molar-refractivity contribution is 8.26. The van der Waals surface area contributed by atoms with Crippen molar-refractivity contribution in [3.8, 4) is 11.5 Å². The molecule has 9 nitrogen and oxygen atoms in total. The number of carbonyl (C=O) groups is 2. The van der Waals surface area contributed by atoms with E-state index in [1.165, 1.54) is 19.3 Å². The van der Waals surface area contributed by atoms with Gasteiger partial charge in [-0.1, -0.05) is 30.9 Å². The molecule has 27 heavy (non-hydrogen) atoms. The van der Waals surface area contributed by atoms with Crippen LogP contribution in [0.1, 0.15) is 18.9 Å². The molecule has 1 heterocycles. The lowest BCUT2D eigenvalue weighted by molar-refractivity contribution is -0.386. The zero-order valence-electron chi connectivity index (χ0n) is 14.5. The maximum absolute atomic E-state index is 12.5. The Hall–Kier alpha value is -2.66. The summed E-state index contributed by atoms with van der Waals surface area (Å²) in [4.78, 5) is 35.8. The zero-order valence-corrected chi connectivity index (χ0v) is 16.1. The van der Waals surface area contributed by atoms with Gasteiger partial charge in [0.25, 0.3) is 5.91 Å². The van der Waals surface area contributed by atoms with E-state index >= 15 is 0 Å². The van der Waals surface area contributed by atoms with Gasteiger partial charge in [0.05, 0.1) is 23.5 Å². The summed E-state index contributed by atoms with van der Waals surface area (Å²) >= 11 is 6.09. The fourth-order valence-electron chi connectivity index (χ4n) is 2.17. The van der Waals surface area contributed by atoms with Crippen LogP contribution >= 0.6 is 24.0 Å². The molecule has 1 fully saturated rings. The molecular weight excluding hydrogens is 396 g/mol. The zero-order chi connectivity index (χ0) is 20.1. The van der Waals surface area contributed by atoms with E-state index in [9.17, 15) is 24.8 Å². The van der Waals surface area contributed by atoms with Gasteiger partial charge in [0, 0.05) is 6.07 Å². The Bertz CT molecular complexity index is 838. The highest BCUT2D eigenvalue weighted by Gasteiger charge is 2.34. The number of benzene rings is 1. The Morgan fingerprint density at radius 3 is 2.78 bits per heavy atom. The molecule has 144 valence electrons. The second-order valence-electron chi connectivity index (χ2n) is 5.34. The average Bonchev–Trinajstić information content (AvgIpc) is 2.88. The maximum atomic E-state index is 12.5. The number of nitro groups is 1. The summed E-state index contributed by atoms with van der Waals surface area (Å²) in [7, 11) is 1.25. The first-order valence-corrected chi connectivity index (χ1v) is 8.97. The quantitative estimate of drug-likeness (QED) is 0.237. The van der Waals surface area contributed by atoms with Crippen molar-refractivity contribution in [3.05, 3.63) is 32.7 Å². The number of phenolic OH excluding ortho intramolecular Hbond substituents is 1. The summed E-state index contributed by atoms with van der Waals surface area (Å²) in [6.07, 6.45) is 2.04. The van der Waals surface area contributed by atoms with Crippen LogP contribution in [-0.4, -0.2) is 51.4 Å². The Morgan fingerprint density at radius 1 is 1.48 bits per heavy atom. The number of nitro benzene ring substituents is 1. The van der Waals surface area contributed by atoms with Gasteiger partial charge >= 0.3 is 11.7 Å². The van der Waals surface area contributed by atoms with Crippen LogP contribution in [0.25, 0.3) is 6.08 Å². The number of ether oxygens (including phenoxy) is 2. The first kappa shape index (κ1) is 20.6. The summed E-state index contributed by atoms with van der Waals surface area (Å²) in [6, 6.07) is 2.46. The number of rotatable bonds is 7. The van der Waals surface area contributed by atoms with Crippen LogP contribution in [0.4, 0.5) is 5.69 Å². The van der Waals surface area contributed by atoms with Crippen LogP contribution in [-0.2, 0) is 14.3 Å². The van der Waals surface area contributed by atoms with E-state index in [-0.39, 0.29) is 33.7 Å². The van der Waals surface area contributed by atoms with E-state index < -0.39 is 28.2 Å². The van der Waals surface area contributed by atoms with Crippen LogP contribution in [0.3, 0.4) is 0 Å². The second-order valence-corrected chi connectivity index (χ2v) is 7.01. The van der Waals surface area contributed by atoms with Gasteiger partial charge in [0.2, 0.25) is 5.75 Å². The van der Waals surface area contributed by atoms with Gasteiger partial charge in [-0.3, -0.25) is 24.6 Å². The molecule has 0 saturated carbocycles. The first-order chi connectivity index (χ1) is 12.8. The highest BCUT2D eigenvalue weighted by Crippen LogP contribution is 2.39. The number of esters is 1. The fourth-order valence-corrected chi connectivity index (χ4v) is 3.43. The number of thioether (sulfide) groups is 1. The minimum atomic E-state index is -0.760. The van der Waals surface area contributed by atoms with Crippen molar-refractivity contribution in [1.82, 2.24) is 4.90 Å². The number of thiocarbonyl (C=S) groups is 1. The number of carbonyl (C=O) groups excluding carboxylic acids is 2. The molecule has 0 radical (unpaired) electrons. The lowest BCUT2D eigenvalue weighted by Crippen LogP contribution is -2.34. The number of hydrogen-bond acceptors (Lipinski definition) is 9. The lowest BCUT2D eigenvalue weighted by atomic mass is 10.1. The Balaban J connectivity index is 2.28. The standard InChI is InChI=1S/C16H16N2O7S2/c1-3-4-25-13(19)8-17-15(21)12(27-16(17)26)7-9-5-10(18(22)23)14(20)11(6-9)24-2/h5-7,20H,3-4,8H2,1-2H3. The van der Waals surface area contributed by atoms with Crippen molar-refractivity contribution in [3.63, 3.8) is 0 Å². The maximum Gasteiger partial charge on any atom is 0.326 e. The molecular formula is C16H16N2O7S2. The molecule has 1 aliphatic heterocycles. The van der Waals surface area contributed by atoms with E-state index in [2.05, 4.69) is 0 Å². The van der Waals surface area contributed by atoms with Crippen LogP contribution in [0.15, 0.2) is 17.0 Å². The number of methoxy groups -OCH3 is 1. The third-order valence-corrected chi connectivity index (χ3v) is 4.80. The number of nitrogens with zero attached hydrogens (tertiary/aromatic N) is 2. The molecule has 0 bridgehead atoms. The summed E-state index contributed by atoms with van der Waals surface area (Å²) in [5.74, 6) is -1.79. The SMILES string of the molecule is CCCOC(=O)CN1C(=O)C(=Cc2cc(OC)c(O)c([N+](=O)[O-])c2)SC1=S. The third kappa shape index (κ3) is 4.74. The Kier molecular flexibility index (Phi) is 6.75. The largest absolute Gasteiger partial charge is 0.500 e. The molecule has 1 aromatic carbocycles. The van der Waals surface area contributed by atoms with Crippen molar-refractivity contribution in [2.45, 2.75) is 13.3 Å². The van der Waals surface area contributed by atoms with Crippen molar-refractivity contribution >= 4 is 51.9 Å². The molecule has 0 aromatic heterocycles. The molecule has 2 rings (SSSR count). The third-order valence-electron chi connectivity index (χ3n) is 3.42. The molecule has 1 aromatic rings. The molecule has 0 unspecified atom stereocenters. The van der Waals surface area contributed by atoms with Crippen molar-refractivity contribution < 1.29 is 29.1 Å². The minimum absolute atomic E-state index is 0.103. The summed E-state index contributed by atoms with van der Waals surface area (Å²) in [5, 5.41) is 20.9. The van der Waals surface area contributed by atoms with Gasteiger partial charge in [-0.05, 0) is 24.1 Å². The van der Waals surface area contributed by atoms with Crippen LogP contribution in [0.2, 0.25) is 0 Å². The number of aromatic hydroxyl groups is 1. The molecule has 1 aliphatic rings. The number of amides is 1. The van der Waals surface area contributed by atoms with E-state index in [4.69, 9.17) is 21.7 Å². The smallest absolute Gasteiger partial charge is 0.326 e. The van der Waals surface area contributed by atoms with Crippen LogP contribution in [0, 0.1) is 10.1 Å². The van der Waals surface area contributed by atoms with Gasteiger partial charge in [-0.2, -0.15) is 0 Å². The topological polar surface area (TPSA) is 119 Å². The van der Waals surface area contributed by atoms with Gasteiger partial charge in [-0.25, -0.2) is 0 Å². The molecule has 0 spiro atoms. The number of phenols is 1. The first-order valence-electron chi connectivity index (χ1n) is 7.74. The van der Waals surface area contributed by atoms with Crippen molar-refractivity contribution in [2.75, 3.05) is 20.3 Å². The van der Waals surface area contributed by atoms with Crippen molar-refractivity contribution in [1.29, 1.82) is 0 Å². The van der Waals surface area contributed by atoms with Gasteiger partial charge in [0.1, 0.15) is 10.9 Å². The van der Waals surface area contributed by atoms with Gasteiger partial charge < -0.3 is 14.6 Å². The molecule has 1 amide bonds. The average molecular weight is 412 g/mol. The van der Waals surface area contributed by atoms with E-state index in [1.807, 2.05) is 6.92 Å². The molecule has 1 N–H and O–H groups in total. The lowest BCUT2D eigenvalue weighted by Gasteiger charge is -2.13. The van der Waals surface area contributed by atoms with Gasteiger partial charge in [-0.15, -0.1) is 0 Å². The molecule has 11 heteroatoms. The summed E-state index contributed by atoms with van der Waals surface area (Å²) in [5.41, 5.74) is -0.287. The predicted octanol–water partition coefficient (Wildman–Crippen LogP) is 2.46. The van der Waals surface area contributed by atoms with Crippen LogP contribution < -0.4 is 4.74 Å². The summed E-state index contributed by atoms with van der Waals surface area (Å²) < 4.78 is 10.1. The van der Waals surface area contributed by atoms with Crippen molar-refractivity contribution in [2.24, 2.45) is 0 Å². The molecule has 0 atom stereocenters. The molecule has 1 saturated heterocycles. The predicted molar refractivity (Wildman–Crippen MR) is 102 cm³/mol. The Morgan fingerprint density at radius 2 is 2.19 bits per heavy atom.